The first-order valence-electron chi connectivity index (χ1n) is 3.91. The third kappa shape index (κ3) is 1.72. The van der Waals surface area contributed by atoms with Crippen molar-refractivity contribution in [2.75, 3.05) is 0 Å². The van der Waals surface area contributed by atoms with Gasteiger partial charge in [-0.05, 0) is 50.7 Å². The maximum Gasteiger partial charge on any atom is 0.262 e. The Kier molecular flexibility index (Phi) is 3.14. The van der Waals surface area contributed by atoms with Gasteiger partial charge in [0.15, 0.2) is 16.4 Å². The third-order valence-corrected chi connectivity index (χ3v) is 4.66. The number of H-pyrrole nitrogens is 2. The summed E-state index contributed by atoms with van der Waals surface area (Å²) >= 11 is 9.21. The molecule has 0 atom stereocenters. The summed E-state index contributed by atoms with van der Waals surface area (Å²) in [6, 6.07) is 0. The van der Waals surface area contributed by atoms with Gasteiger partial charge in [-0.2, -0.15) is 0 Å². The molecule has 0 amide bonds. The van der Waals surface area contributed by atoms with E-state index < -0.39 is 17.2 Å². The lowest BCUT2D eigenvalue weighted by Gasteiger charge is -2.05. The standard InChI is InChI=1S/C8H2BrF2IN2OS/c9-2-4(11)6-1(3(10)5(2)12)7(15)14-8(16)13-6/h(H2,13,14,15,16). The highest BCUT2D eigenvalue weighted by molar-refractivity contribution is 14.1. The van der Waals surface area contributed by atoms with Crippen LogP contribution in [0.15, 0.2) is 9.27 Å². The maximum atomic E-state index is 13.8. The molecule has 1 aromatic heterocycles. The number of benzene rings is 1. The molecule has 1 aromatic carbocycles. The van der Waals surface area contributed by atoms with Gasteiger partial charge in [0.25, 0.3) is 5.56 Å². The van der Waals surface area contributed by atoms with Crippen molar-refractivity contribution >= 4 is 61.6 Å². The Morgan fingerprint density at radius 1 is 1.25 bits per heavy atom. The minimum Gasteiger partial charge on any atom is -0.329 e. The van der Waals surface area contributed by atoms with Crippen LogP contribution in [0, 0.1) is 20.0 Å². The molecule has 0 aliphatic heterocycles. The molecule has 2 rings (SSSR count). The molecule has 1 heterocycles. The molecule has 0 bridgehead atoms. The summed E-state index contributed by atoms with van der Waals surface area (Å²) in [6.45, 7) is 0. The Balaban J connectivity index is 3.21. The molecule has 0 saturated carbocycles. The minimum atomic E-state index is -0.781. The van der Waals surface area contributed by atoms with Crippen LogP contribution in [-0.4, -0.2) is 9.97 Å². The van der Waals surface area contributed by atoms with Crippen LogP contribution in [-0.2, 0) is 0 Å². The number of hydrogen-bond donors (Lipinski definition) is 2. The minimum absolute atomic E-state index is 0.0126. The van der Waals surface area contributed by atoms with Crippen molar-refractivity contribution in [2.24, 2.45) is 0 Å². The molecule has 0 unspecified atom stereocenters. The van der Waals surface area contributed by atoms with Gasteiger partial charge in [-0.15, -0.1) is 0 Å². The second-order valence-corrected chi connectivity index (χ2v) is 5.19. The van der Waals surface area contributed by atoms with E-state index in [1.807, 2.05) is 0 Å². The summed E-state index contributed by atoms with van der Waals surface area (Å²) in [6.07, 6.45) is 0. The van der Waals surface area contributed by atoms with E-state index in [1.54, 1.807) is 22.6 Å². The van der Waals surface area contributed by atoms with Crippen molar-refractivity contribution in [3.8, 4) is 0 Å². The molecule has 2 aromatic rings. The van der Waals surface area contributed by atoms with Crippen molar-refractivity contribution in [3.05, 3.63) is 34.8 Å². The van der Waals surface area contributed by atoms with E-state index in [9.17, 15) is 13.6 Å². The van der Waals surface area contributed by atoms with E-state index in [-0.39, 0.29) is 23.7 Å². The lowest BCUT2D eigenvalue weighted by atomic mass is 10.2. The fourth-order valence-electron chi connectivity index (χ4n) is 1.27. The quantitative estimate of drug-likeness (QED) is 0.298. The molecule has 16 heavy (non-hydrogen) atoms. The molecule has 84 valence electrons. The Bertz CT molecular complexity index is 712. The smallest absolute Gasteiger partial charge is 0.262 e. The zero-order valence-corrected chi connectivity index (χ0v) is 11.9. The molecular weight excluding hydrogens is 417 g/mol. The van der Waals surface area contributed by atoms with Crippen LogP contribution in [0.3, 0.4) is 0 Å². The van der Waals surface area contributed by atoms with Gasteiger partial charge in [0, 0.05) is 0 Å². The van der Waals surface area contributed by atoms with Crippen molar-refractivity contribution < 1.29 is 8.78 Å². The second-order valence-electron chi connectivity index (χ2n) is 2.91. The molecule has 2 N–H and O–H groups in total. The van der Waals surface area contributed by atoms with Gasteiger partial charge in [0.2, 0.25) is 0 Å². The molecule has 0 aliphatic rings. The summed E-state index contributed by atoms with van der Waals surface area (Å²) in [4.78, 5) is 16.1. The zero-order valence-electron chi connectivity index (χ0n) is 7.33. The van der Waals surface area contributed by atoms with Crippen LogP contribution in [0.4, 0.5) is 8.78 Å². The van der Waals surface area contributed by atoms with Gasteiger partial charge in [-0.1, -0.05) is 0 Å². The summed E-state index contributed by atoms with van der Waals surface area (Å²) in [5.41, 5.74) is -0.987. The first kappa shape index (κ1) is 12.1. The van der Waals surface area contributed by atoms with Crippen LogP contribution in [0.2, 0.25) is 0 Å². The number of hydrogen-bond acceptors (Lipinski definition) is 2. The topological polar surface area (TPSA) is 48.6 Å². The number of fused-ring (bicyclic) bond motifs is 1. The van der Waals surface area contributed by atoms with Gasteiger partial charge >= 0.3 is 0 Å². The molecule has 0 fully saturated rings. The van der Waals surface area contributed by atoms with Crippen molar-refractivity contribution in [2.45, 2.75) is 0 Å². The monoisotopic (exact) mass is 418 g/mol. The summed E-state index contributed by atoms with van der Waals surface area (Å²) in [5.74, 6) is -1.52. The van der Waals surface area contributed by atoms with Gasteiger partial charge in [-0.3, -0.25) is 9.78 Å². The fraction of sp³-hybridized carbons (Fsp3) is 0. The van der Waals surface area contributed by atoms with Crippen LogP contribution in [0.25, 0.3) is 10.9 Å². The zero-order chi connectivity index (χ0) is 12.0. The van der Waals surface area contributed by atoms with E-state index in [0.717, 1.165) is 0 Å². The Labute approximate surface area is 115 Å². The number of rotatable bonds is 0. The molecule has 0 aliphatic carbocycles. The van der Waals surface area contributed by atoms with Gasteiger partial charge in [0.1, 0.15) is 5.39 Å². The van der Waals surface area contributed by atoms with Crippen molar-refractivity contribution in [1.82, 2.24) is 9.97 Å². The Morgan fingerprint density at radius 3 is 2.50 bits per heavy atom. The third-order valence-electron chi connectivity index (χ3n) is 1.96. The molecule has 3 nitrogen and oxygen atoms in total. The molecular formula is C8H2BrF2IN2OS. The van der Waals surface area contributed by atoms with Crippen LogP contribution < -0.4 is 5.56 Å². The Morgan fingerprint density at radius 2 is 1.88 bits per heavy atom. The average Bonchev–Trinajstić information content (AvgIpc) is 2.22. The predicted molar refractivity (Wildman–Crippen MR) is 70.1 cm³/mol. The average molecular weight is 419 g/mol. The molecule has 0 radical (unpaired) electrons. The number of aromatic amines is 2. The fourth-order valence-corrected chi connectivity index (χ4v) is 2.35. The van der Waals surface area contributed by atoms with Crippen LogP contribution in [0.1, 0.15) is 0 Å². The lowest BCUT2D eigenvalue weighted by molar-refractivity contribution is 0.601. The van der Waals surface area contributed by atoms with E-state index in [0.29, 0.717) is 0 Å². The summed E-state index contributed by atoms with van der Waals surface area (Å²) in [7, 11) is 0. The van der Waals surface area contributed by atoms with Gasteiger partial charge in [0.05, 0.1) is 13.6 Å². The summed E-state index contributed by atoms with van der Waals surface area (Å²) < 4.78 is 27.4. The first-order chi connectivity index (χ1) is 7.43. The predicted octanol–water partition coefficient (Wildman–Crippen LogP) is 3.23. The lowest BCUT2D eigenvalue weighted by Crippen LogP contribution is -2.12. The number of nitrogens with one attached hydrogen (secondary N) is 2. The number of halogens is 4. The SMILES string of the molecule is O=c1[nH]c(=S)[nH]c2c(F)c(Br)c(I)c(F)c12. The Hall–Kier alpha value is -0.350. The maximum absolute atomic E-state index is 13.8. The van der Waals surface area contributed by atoms with Gasteiger partial charge < -0.3 is 4.98 Å². The highest BCUT2D eigenvalue weighted by Crippen LogP contribution is 2.30. The van der Waals surface area contributed by atoms with Crippen LogP contribution >= 0.6 is 50.7 Å². The summed E-state index contributed by atoms with van der Waals surface area (Å²) in [5, 5.41) is -0.362. The van der Waals surface area contributed by atoms with E-state index in [2.05, 4.69) is 38.1 Å². The largest absolute Gasteiger partial charge is 0.329 e. The first-order valence-corrected chi connectivity index (χ1v) is 6.19. The molecule has 8 heteroatoms. The number of aromatic nitrogens is 2. The highest BCUT2D eigenvalue weighted by atomic mass is 127. The van der Waals surface area contributed by atoms with Crippen LogP contribution in [0.5, 0.6) is 0 Å². The van der Waals surface area contributed by atoms with E-state index in [4.69, 9.17) is 0 Å². The van der Waals surface area contributed by atoms with Gasteiger partial charge in [-0.25, -0.2) is 8.78 Å². The normalized spacial score (nSPS) is 11.0. The highest BCUT2D eigenvalue weighted by Gasteiger charge is 2.19. The van der Waals surface area contributed by atoms with Crippen molar-refractivity contribution in [1.29, 1.82) is 0 Å². The van der Waals surface area contributed by atoms with E-state index in [1.165, 1.54) is 0 Å². The van der Waals surface area contributed by atoms with Crippen molar-refractivity contribution in [3.63, 3.8) is 0 Å². The second kappa shape index (κ2) is 4.15. The molecule has 0 saturated heterocycles. The molecule has 0 spiro atoms. The van der Waals surface area contributed by atoms with E-state index >= 15 is 0 Å².